The lowest BCUT2D eigenvalue weighted by atomic mass is 9.84. The van der Waals surface area contributed by atoms with Gasteiger partial charge in [-0.15, -0.1) is 11.3 Å². The molecule has 1 amide bonds. The number of carbonyl (C=O) groups excluding carboxylic acids is 1. The maximum absolute atomic E-state index is 12.9. The number of rotatable bonds is 9. The van der Waals surface area contributed by atoms with Crippen molar-refractivity contribution in [2.24, 2.45) is 5.92 Å². The Balaban J connectivity index is 1.26. The van der Waals surface area contributed by atoms with Gasteiger partial charge in [0.2, 0.25) is 0 Å². The van der Waals surface area contributed by atoms with E-state index in [1.807, 2.05) is 53.9 Å². The lowest BCUT2D eigenvalue weighted by molar-refractivity contribution is 0.0696. The van der Waals surface area contributed by atoms with E-state index >= 15 is 0 Å². The maximum atomic E-state index is 12.9. The molecule has 0 aliphatic heterocycles. The summed E-state index contributed by atoms with van der Waals surface area (Å²) in [6.07, 6.45) is 6.41. The summed E-state index contributed by atoms with van der Waals surface area (Å²) in [6.45, 7) is 5.04. The number of aromatic carboxylic acids is 1. The highest BCUT2D eigenvalue weighted by Crippen LogP contribution is 2.34. The first kappa shape index (κ1) is 27.6. The number of benzene rings is 3. The largest absolute Gasteiger partial charge is 0.478 e. The van der Waals surface area contributed by atoms with E-state index in [0.29, 0.717) is 17.4 Å². The van der Waals surface area contributed by atoms with Crippen LogP contribution in [0.1, 0.15) is 78.1 Å². The van der Waals surface area contributed by atoms with Gasteiger partial charge in [-0.3, -0.25) is 4.79 Å². The number of amides is 1. The number of carbonyl (C=O) groups is 2. The van der Waals surface area contributed by atoms with Crippen LogP contribution in [-0.2, 0) is 0 Å². The molecule has 1 aliphatic rings. The standard InChI is InChI=1S/C33H35N3O3S/c1-22(2)20-36(29-18-14-27(15-19-29)32(38)39)33-35-30(21-40-33)25-12-16-28(17-13-25)34-31(37)26-10-8-24(9-11-26)23-6-4-3-5-7-23/h8-19,21-23H,3-7,20H2,1-2H3,(H,34,37)(H,38,39). The third-order valence-corrected chi connectivity index (χ3v) is 8.25. The number of hydrogen-bond acceptors (Lipinski definition) is 5. The van der Waals surface area contributed by atoms with Gasteiger partial charge < -0.3 is 15.3 Å². The first-order valence-electron chi connectivity index (χ1n) is 14.0. The van der Waals surface area contributed by atoms with Gasteiger partial charge in [-0.2, -0.15) is 0 Å². The zero-order valence-electron chi connectivity index (χ0n) is 23.0. The lowest BCUT2D eigenvalue weighted by Gasteiger charge is -2.24. The number of carboxylic acid groups (broad SMARTS) is 1. The first-order valence-corrected chi connectivity index (χ1v) is 14.8. The molecule has 0 unspecified atom stereocenters. The van der Waals surface area contributed by atoms with Crippen molar-refractivity contribution < 1.29 is 14.7 Å². The Kier molecular flexibility index (Phi) is 8.60. The second kappa shape index (κ2) is 12.5. The first-order chi connectivity index (χ1) is 19.4. The molecule has 6 nitrogen and oxygen atoms in total. The number of carboxylic acids is 1. The SMILES string of the molecule is CC(C)CN(c1ccc(C(=O)O)cc1)c1nc(-c2ccc(NC(=O)c3ccc(C4CCCCC4)cc3)cc2)cs1. The minimum absolute atomic E-state index is 0.114. The van der Waals surface area contributed by atoms with E-state index in [1.54, 1.807) is 23.5 Å². The predicted molar refractivity (Wildman–Crippen MR) is 163 cm³/mol. The third-order valence-electron chi connectivity index (χ3n) is 7.38. The number of thiazole rings is 1. The Labute approximate surface area is 239 Å². The summed E-state index contributed by atoms with van der Waals surface area (Å²) in [5, 5.41) is 15.1. The monoisotopic (exact) mass is 553 g/mol. The molecule has 1 fully saturated rings. The normalized spacial score (nSPS) is 13.8. The number of nitrogens with one attached hydrogen (secondary N) is 1. The van der Waals surface area contributed by atoms with Gasteiger partial charge in [0, 0.05) is 34.4 Å². The molecular formula is C33H35N3O3S. The number of anilines is 3. The van der Waals surface area contributed by atoms with Crippen LogP contribution in [0.25, 0.3) is 11.3 Å². The summed E-state index contributed by atoms with van der Waals surface area (Å²) in [7, 11) is 0. The van der Waals surface area contributed by atoms with Gasteiger partial charge in [0.1, 0.15) is 0 Å². The van der Waals surface area contributed by atoms with Gasteiger partial charge >= 0.3 is 5.97 Å². The van der Waals surface area contributed by atoms with Crippen LogP contribution in [0.3, 0.4) is 0 Å². The zero-order valence-corrected chi connectivity index (χ0v) is 23.8. The van der Waals surface area contributed by atoms with Crippen molar-refractivity contribution >= 4 is 39.7 Å². The minimum atomic E-state index is -0.939. The van der Waals surface area contributed by atoms with Crippen LogP contribution in [0.2, 0.25) is 0 Å². The van der Waals surface area contributed by atoms with Crippen molar-refractivity contribution in [1.82, 2.24) is 4.98 Å². The minimum Gasteiger partial charge on any atom is -0.478 e. The highest BCUT2D eigenvalue weighted by molar-refractivity contribution is 7.14. The van der Waals surface area contributed by atoms with Crippen molar-refractivity contribution in [3.8, 4) is 11.3 Å². The molecule has 1 aliphatic carbocycles. The number of aromatic nitrogens is 1. The molecule has 0 radical (unpaired) electrons. The van der Waals surface area contributed by atoms with Crippen LogP contribution in [0.4, 0.5) is 16.5 Å². The molecule has 1 saturated carbocycles. The van der Waals surface area contributed by atoms with E-state index in [2.05, 4.69) is 36.2 Å². The molecule has 0 bridgehead atoms. The average Bonchev–Trinajstić information content (AvgIpc) is 3.47. The fourth-order valence-electron chi connectivity index (χ4n) is 5.23. The molecule has 7 heteroatoms. The molecule has 0 atom stereocenters. The zero-order chi connectivity index (χ0) is 28.1. The van der Waals surface area contributed by atoms with E-state index in [9.17, 15) is 14.7 Å². The molecule has 1 heterocycles. The Bertz CT molecular complexity index is 1440. The van der Waals surface area contributed by atoms with Crippen LogP contribution >= 0.6 is 11.3 Å². The highest BCUT2D eigenvalue weighted by Gasteiger charge is 2.18. The highest BCUT2D eigenvalue weighted by atomic mass is 32.1. The lowest BCUT2D eigenvalue weighted by Crippen LogP contribution is -2.22. The second-order valence-electron chi connectivity index (χ2n) is 10.9. The van der Waals surface area contributed by atoms with Gasteiger partial charge in [-0.05, 0) is 78.8 Å². The van der Waals surface area contributed by atoms with Crippen molar-refractivity contribution in [2.45, 2.75) is 51.9 Å². The molecule has 40 heavy (non-hydrogen) atoms. The smallest absolute Gasteiger partial charge is 0.335 e. The van der Waals surface area contributed by atoms with E-state index in [1.165, 1.54) is 37.7 Å². The summed E-state index contributed by atoms with van der Waals surface area (Å²) in [5.74, 6) is -0.0414. The average molecular weight is 554 g/mol. The summed E-state index contributed by atoms with van der Waals surface area (Å²) in [5.41, 5.74) is 5.72. The fourth-order valence-corrected chi connectivity index (χ4v) is 6.10. The van der Waals surface area contributed by atoms with Gasteiger partial charge in [0.05, 0.1) is 11.3 Å². The Morgan fingerprint density at radius 1 is 0.925 bits per heavy atom. The van der Waals surface area contributed by atoms with Gasteiger partial charge in [-0.25, -0.2) is 9.78 Å². The van der Waals surface area contributed by atoms with Crippen molar-refractivity contribution in [1.29, 1.82) is 0 Å². The molecule has 4 aromatic rings. The Morgan fingerprint density at radius 2 is 1.57 bits per heavy atom. The van der Waals surface area contributed by atoms with Crippen LogP contribution in [0.5, 0.6) is 0 Å². The molecular weight excluding hydrogens is 518 g/mol. The molecule has 0 saturated heterocycles. The molecule has 3 aromatic carbocycles. The summed E-state index contributed by atoms with van der Waals surface area (Å²) >= 11 is 1.55. The summed E-state index contributed by atoms with van der Waals surface area (Å²) in [6, 6.07) is 22.7. The summed E-state index contributed by atoms with van der Waals surface area (Å²) < 4.78 is 0. The van der Waals surface area contributed by atoms with E-state index in [0.717, 1.165) is 34.3 Å². The van der Waals surface area contributed by atoms with Crippen molar-refractivity contribution in [2.75, 3.05) is 16.8 Å². The van der Waals surface area contributed by atoms with Crippen LogP contribution in [0, 0.1) is 5.92 Å². The number of nitrogens with zero attached hydrogens (tertiary/aromatic N) is 2. The van der Waals surface area contributed by atoms with Crippen LogP contribution in [0.15, 0.2) is 78.2 Å². The molecule has 0 spiro atoms. The van der Waals surface area contributed by atoms with Crippen LogP contribution < -0.4 is 10.2 Å². The second-order valence-corrected chi connectivity index (χ2v) is 11.7. The maximum Gasteiger partial charge on any atom is 0.335 e. The van der Waals surface area contributed by atoms with Crippen LogP contribution in [-0.4, -0.2) is 28.5 Å². The van der Waals surface area contributed by atoms with Gasteiger partial charge in [-0.1, -0.05) is 57.4 Å². The van der Waals surface area contributed by atoms with Crippen molar-refractivity contribution in [3.63, 3.8) is 0 Å². The third kappa shape index (κ3) is 6.59. The van der Waals surface area contributed by atoms with Crippen molar-refractivity contribution in [3.05, 3.63) is 94.9 Å². The Morgan fingerprint density at radius 3 is 2.20 bits per heavy atom. The van der Waals surface area contributed by atoms with E-state index in [-0.39, 0.29) is 11.5 Å². The molecule has 2 N–H and O–H groups in total. The molecule has 206 valence electrons. The number of hydrogen-bond donors (Lipinski definition) is 2. The quantitative estimate of drug-likeness (QED) is 0.217. The molecule has 1 aromatic heterocycles. The molecule has 5 rings (SSSR count). The van der Waals surface area contributed by atoms with E-state index in [4.69, 9.17) is 4.98 Å². The topological polar surface area (TPSA) is 82.5 Å². The van der Waals surface area contributed by atoms with Gasteiger partial charge in [0.15, 0.2) is 5.13 Å². The van der Waals surface area contributed by atoms with Gasteiger partial charge in [0.25, 0.3) is 5.91 Å². The van der Waals surface area contributed by atoms with E-state index < -0.39 is 5.97 Å². The fraction of sp³-hybridized carbons (Fsp3) is 0.303. The Hall–Kier alpha value is -3.97. The summed E-state index contributed by atoms with van der Waals surface area (Å²) in [4.78, 5) is 31.1. The predicted octanol–water partition coefficient (Wildman–Crippen LogP) is 8.60.